The van der Waals surface area contributed by atoms with Crippen LogP contribution in [0.25, 0.3) is 0 Å². The normalized spacial score (nSPS) is 24.3. The molecule has 0 N–H and O–H groups in total. The number of ether oxygens (including phenoxy) is 2. The molecular formula is C17H23N3O2. The monoisotopic (exact) mass is 301 g/mol. The number of aliphatic imine (C=N–C) groups is 2. The molecule has 0 aromatic carbocycles. The van der Waals surface area contributed by atoms with Crippen LogP contribution in [0.1, 0.15) is 39.0 Å². The van der Waals surface area contributed by atoms with Crippen LogP contribution in [0.2, 0.25) is 0 Å². The Morgan fingerprint density at radius 1 is 0.955 bits per heavy atom. The van der Waals surface area contributed by atoms with Crippen molar-refractivity contribution in [2.75, 3.05) is 13.2 Å². The Hall–Kier alpha value is -1.91. The Bertz CT molecular complexity index is 555. The summed E-state index contributed by atoms with van der Waals surface area (Å²) >= 11 is 0. The molecule has 0 saturated carbocycles. The third-order valence-electron chi connectivity index (χ3n) is 4.13. The molecule has 0 spiro atoms. The quantitative estimate of drug-likeness (QED) is 0.859. The van der Waals surface area contributed by atoms with E-state index in [1.807, 2.05) is 12.1 Å². The maximum atomic E-state index is 5.79. The molecule has 0 fully saturated rings. The van der Waals surface area contributed by atoms with Crippen LogP contribution in [0.4, 0.5) is 0 Å². The van der Waals surface area contributed by atoms with Crippen LogP contribution in [0, 0.1) is 11.8 Å². The van der Waals surface area contributed by atoms with Crippen LogP contribution in [0.3, 0.4) is 0 Å². The van der Waals surface area contributed by atoms with Gasteiger partial charge in [-0.05, 0) is 24.0 Å². The summed E-state index contributed by atoms with van der Waals surface area (Å²) in [5.74, 6) is 2.17. The van der Waals surface area contributed by atoms with E-state index < -0.39 is 0 Å². The van der Waals surface area contributed by atoms with Gasteiger partial charge in [-0.25, -0.2) is 9.98 Å². The van der Waals surface area contributed by atoms with Gasteiger partial charge in [0.05, 0.1) is 17.6 Å². The van der Waals surface area contributed by atoms with Crippen molar-refractivity contribution in [1.29, 1.82) is 0 Å². The van der Waals surface area contributed by atoms with Crippen molar-refractivity contribution in [3.63, 3.8) is 0 Å². The van der Waals surface area contributed by atoms with Gasteiger partial charge >= 0.3 is 0 Å². The second kappa shape index (κ2) is 6.07. The molecule has 0 radical (unpaired) electrons. The van der Waals surface area contributed by atoms with E-state index in [1.165, 1.54) is 0 Å². The first-order valence-corrected chi connectivity index (χ1v) is 7.93. The van der Waals surface area contributed by atoms with Gasteiger partial charge in [0.2, 0.25) is 11.8 Å². The predicted molar refractivity (Wildman–Crippen MR) is 86.5 cm³/mol. The van der Waals surface area contributed by atoms with E-state index in [9.17, 15) is 0 Å². The Labute approximate surface area is 131 Å². The summed E-state index contributed by atoms with van der Waals surface area (Å²) in [5, 5.41) is 0. The molecule has 3 rings (SSSR count). The third kappa shape index (κ3) is 2.85. The van der Waals surface area contributed by atoms with E-state index in [0.717, 1.165) is 11.3 Å². The van der Waals surface area contributed by atoms with E-state index >= 15 is 0 Å². The Balaban J connectivity index is 1.92. The first-order valence-electron chi connectivity index (χ1n) is 7.93. The minimum absolute atomic E-state index is 0.194. The van der Waals surface area contributed by atoms with Gasteiger partial charge in [-0.1, -0.05) is 27.7 Å². The van der Waals surface area contributed by atoms with E-state index in [2.05, 4.69) is 42.7 Å². The topological polar surface area (TPSA) is 56.1 Å². The molecule has 2 aliphatic rings. The van der Waals surface area contributed by atoms with Crippen molar-refractivity contribution in [1.82, 2.24) is 4.98 Å². The average molecular weight is 301 g/mol. The number of aromatic nitrogens is 1. The highest BCUT2D eigenvalue weighted by Crippen LogP contribution is 2.22. The first kappa shape index (κ1) is 15.0. The fraction of sp³-hybridized carbons (Fsp3) is 0.588. The second-order valence-electron chi connectivity index (χ2n) is 6.51. The van der Waals surface area contributed by atoms with Gasteiger partial charge in [0.25, 0.3) is 0 Å². The molecule has 1 aromatic rings. The van der Waals surface area contributed by atoms with E-state index in [0.29, 0.717) is 36.8 Å². The molecule has 5 nitrogen and oxygen atoms in total. The predicted octanol–water partition coefficient (Wildman–Crippen LogP) is 2.68. The van der Waals surface area contributed by atoms with Crippen LogP contribution < -0.4 is 0 Å². The molecular weight excluding hydrogens is 278 g/mol. The lowest BCUT2D eigenvalue weighted by Gasteiger charge is -2.07. The first-order chi connectivity index (χ1) is 10.6. The summed E-state index contributed by atoms with van der Waals surface area (Å²) in [4.78, 5) is 13.8. The van der Waals surface area contributed by atoms with E-state index in [-0.39, 0.29) is 12.1 Å². The van der Waals surface area contributed by atoms with Crippen LogP contribution in [0.15, 0.2) is 28.3 Å². The highest BCUT2D eigenvalue weighted by atomic mass is 16.5. The van der Waals surface area contributed by atoms with Crippen molar-refractivity contribution in [2.45, 2.75) is 39.8 Å². The molecule has 3 heterocycles. The zero-order chi connectivity index (χ0) is 15.7. The zero-order valence-corrected chi connectivity index (χ0v) is 13.6. The van der Waals surface area contributed by atoms with Gasteiger partial charge in [-0.2, -0.15) is 0 Å². The van der Waals surface area contributed by atoms with Crippen molar-refractivity contribution in [3.05, 3.63) is 29.6 Å². The summed E-state index contributed by atoms with van der Waals surface area (Å²) in [6.07, 6.45) is 1.75. The summed E-state index contributed by atoms with van der Waals surface area (Å²) in [7, 11) is 0. The Kier molecular flexibility index (Phi) is 4.14. The molecule has 0 amide bonds. The molecule has 0 bridgehead atoms. The van der Waals surface area contributed by atoms with E-state index in [1.54, 1.807) is 6.20 Å². The largest absolute Gasteiger partial charge is 0.475 e. The lowest BCUT2D eigenvalue weighted by atomic mass is 10.1. The molecule has 5 heteroatoms. The van der Waals surface area contributed by atoms with Gasteiger partial charge in [0.1, 0.15) is 18.9 Å². The van der Waals surface area contributed by atoms with Crippen LogP contribution in [0.5, 0.6) is 0 Å². The van der Waals surface area contributed by atoms with E-state index in [4.69, 9.17) is 9.47 Å². The number of hydrogen-bond donors (Lipinski definition) is 0. The molecule has 0 aliphatic carbocycles. The zero-order valence-electron chi connectivity index (χ0n) is 13.6. The number of rotatable bonds is 4. The summed E-state index contributed by atoms with van der Waals surface area (Å²) < 4.78 is 11.6. The van der Waals surface area contributed by atoms with Gasteiger partial charge in [0, 0.05) is 6.20 Å². The lowest BCUT2D eigenvalue weighted by molar-refractivity contribution is 0.289. The third-order valence-corrected chi connectivity index (χ3v) is 4.13. The second-order valence-corrected chi connectivity index (χ2v) is 6.51. The van der Waals surface area contributed by atoms with Gasteiger partial charge in [0.15, 0.2) is 0 Å². The van der Waals surface area contributed by atoms with Crippen molar-refractivity contribution < 1.29 is 9.47 Å². The number of hydrogen-bond acceptors (Lipinski definition) is 5. The lowest BCUT2D eigenvalue weighted by Crippen LogP contribution is -2.14. The van der Waals surface area contributed by atoms with Crippen LogP contribution in [-0.2, 0) is 9.47 Å². The average Bonchev–Trinajstić information content (AvgIpc) is 3.17. The number of nitrogens with zero attached hydrogens (tertiary/aromatic N) is 3. The fourth-order valence-electron chi connectivity index (χ4n) is 2.49. The summed E-state index contributed by atoms with van der Waals surface area (Å²) in [6, 6.07) is 4.26. The molecule has 22 heavy (non-hydrogen) atoms. The minimum Gasteiger partial charge on any atom is -0.475 e. The van der Waals surface area contributed by atoms with Crippen molar-refractivity contribution in [3.8, 4) is 0 Å². The molecule has 2 atom stereocenters. The molecule has 2 aliphatic heterocycles. The SMILES string of the molecule is CC(C)C1COC(c2cccnc2C2=NC(C(C)C)CO2)=N1. The fourth-order valence-corrected chi connectivity index (χ4v) is 2.49. The Morgan fingerprint density at radius 2 is 1.55 bits per heavy atom. The van der Waals surface area contributed by atoms with Crippen molar-refractivity contribution >= 4 is 11.8 Å². The highest BCUT2D eigenvalue weighted by molar-refractivity contribution is 6.06. The molecule has 2 unspecified atom stereocenters. The minimum atomic E-state index is 0.194. The maximum absolute atomic E-state index is 5.79. The van der Waals surface area contributed by atoms with Crippen LogP contribution in [-0.4, -0.2) is 42.1 Å². The highest BCUT2D eigenvalue weighted by Gasteiger charge is 2.29. The van der Waals surface area contributed by atoms with Crippen molar-refractivity contribution in [2.24, 2.45) is 21.8 Å². The Morgan fingerprint density at radius 3 is 2.14 bits per heavy atom. The number of pyridine rings is 1. The summed E-state index contributed by atoms with van der Waals surface area (Å²) in [5.41, 5.74) is 1.60. The van der Waals surface area contributed by atoms with Gasteiger partial charge in [-0.15, -0.1) is 0 Å². The molecule has 0 saturated heterocycles. The van der Waals surface area contributed by atoms with Gasteiger partial charge in [-0.3, -0.25) is 4.98 Å². The van der Waals surface area contributed by atoms with Crippen LogP contribution >= 0.6 is 0 Å². The maximum Gasteiger partial charge on any atom is 0.236 e. The van der Waals surface area contributed by atoms with Gasteiger partial charge < -0.3 is 9.47 Å². The smallest absolute Gasteiger partial charge is 0.236 e. The standard InChI is InChI=1S/C17H23N3O2/c1-10(2)13-8-21-16(19-13)12-6-5-7-18-15(12)17-20-14(9-22-17)11(3)4/h5-7,10-11,13-14H,8-9H2,1-4H3. The summed E-state index contributed by atoms with van der Waals surface area (Å²) in [6.45, 7) is 9.85. The molecule has 1 aromatic heterocycles. The molecule has 118 valence electrons.